The Morgan fingerprint density at radius 2 is 2.46 bits per heavy atom. The molecule has 0 N–H and O–H groups in total. The fraction of sp³-hybridized carbons (Fsp3) is 0.429. The third kappa shape index (κ3) is 1.60. The number of thiazole rings is 1. The summed E-state index contributed by atoms with van der Waals surface area (Å²) in [6, 6.07) is 0. The number of alkyl halides is 1. The molecule has 1 aromatic rings. The molecule has 1 aliphatic heterocycles. The first-order chi connectivity index (χ1) is 6.18. The summed E-state index contributed by atoms with van der Waals surface area (Å²) in [4.78, 5) is 17.5. The molecule has 1 aromatic heterocycles. The number of aromatic nitrogens is 1. The third-order valence-corrected chi connectivity index (χ3v) is 3.52. The van der Waals surface area contributed by atoms with Crippen LogP contribution in [0.15, 0.2) is 10.1 Å². The van der Waals surface area contributed by atoms with Crippen LogP contribution in [-0.4, -0.2) is 35.1 Å². The van der Waals surface area contributed by atoms with Crippen LogP contribution >= 0.6 is 27.3 Å². The molecule has 3 nitrogen and oxygen atoms in total. The minimum Gasteiger partial charge on any atom is -0.332 e. The molecular weight excluding hydrogens is 259 g/mol. The quantitative estimate of drug-likeness (QED) is 0.774. The van der Waals surface area contributed by atoms with Crippen LogP contribution in [0.1, 0.15) is 9.67 Å². The van der Waals surface area contributed by atoms with Crippen molar-refractivity contribution in [2.45, 2.75) is 6.17 Å². The van der Waals surface area contributed by atoms with E-state index in [2.05, 4.69) is 20.9 Å². The lowest BCUT2D eigenvalue weighted by Gasteiger charge is -2.33. The van der Waals surface area contributed by atoms with E-state index in [9.17, 15) is 9.18 Å². The Morgan fingerprint density at radius 3 is 2.92 bits per heavy atom. The Labute approximate surface area is 86.7 Å². The molecule has 0 bridgehead atoms. The second kappa shape index (κ2) is 3.34. The molecule has 1 aliphatic rings. The van der Waals surface area contributed by atoms with Crippen molar-refractivity contribution in [2.24, 2.45) is 0 Å². The van der Waals surface area contributed by atoms with Crippen molar-refractivity contribution in [2.75, 3.05) is 13.1 Å². The maximum Gasteiger partial charge on any atom is 0.266 e. The number of hydrogen-bond acceptors (Lipinski definition) is 3. The van der Waals surface area contributed by atoms with Gasteiger partial charge in [-0.1, -0.05) is 0 Å². The van der Waals surface area contributed by atoms with Crippen LogP contribution in [0.25, 0.3) is 0 Å². The fourth-order valence-electron chi connectivity index (χ4n) is 1.11. The van der Waals surface area contributed by atoms with Gasteiger partial charge in [-0.25, -0.2) is 9.37 Å². The van der Waals surface area contributed by atoms with Crippen LogP contribution in [0.4, 0.5) is 4.39 Å². The van der Waals surface area contributed by atoms with Crippen LogP contribution in [0.3, 0.4) is 0 Å². The van der Waals surface area contributed by atoms with Crippen LogP contribution in [0.5, 0.6) is 0 Å². The van der Waals surface area contributed by atoms with E-state index >= 15 is 0 Å². The summed E-state index contributed by atoms with van der Waals surface area (Å²) in [5.74, 6) is -0.136. The first kappa shape index (κ1) is 9.08. The monoisotopic (exact) mass is 264 g/mol. The van der Waals surface area contributed by atoms with E-state index in [1.807, 2.05) is 0 Å². The number of rotatable bonds is 1. The lowest BCUT2D eigenvalue weighted by atomic mass is 10.2. The van der Waals surface area contributed by atoms with E-state index in [1.165, 1.54) is 16.2 Å². The van der Waals surface area contributed by atoms with Gasteiger partial charge in [-0.2, -0.15) is 0 Å². The molecule has 0 unspecified atom stereocenters. The molecule has 0 radical (unpaired) electrons. The summed E-state index contributed by atoms with van der Waals surface area (Å²) in [7, 11) is 0. The molecule has 1 fully saturated rings. The molecule has 13 heavy (non-hydrogen) atoms. The van der Waals surface area contributed by atoms with Gasteiger partial charge in [-0.3, -0.25) is 4.79 Å². The first-order valence-electron chi connectivity index (χ1n) is 3.71. The maximum absolute atomic E-state index is 12.5. The number of carbonyl (C=O) groups is 1. The smallest absolute Gasteiger partial charge is 0.266 e. The van der Waals surface area contributed by atoms with Crippen LogP contribution in [0.2, 0.25) is 0 Å². The minimum absolute atomic E-state index is 0.136. The molecule has 0 spiro atoms. The zero-order valence-corrected chi connectivity index (χ0v) is 8.94. The van der Waals surface area contributed by atoms with Gasteiger partial charge in [-0.15, -0.1) is 11.3 Å². The van der Waals surface area contributed by atoms with E-state index in [0.29, 0.717) is 9.48 Å². The average Bonchev–Trinajstić information content (AvgIpc) is 2.44. The summed E-state index contributed by atoms with van der Waals surface area (Å²) < 4.78 is 13.0. The highest BCUT2D eigenvalue weighted by Gasteiger charge is 2.32. The Kier molecular flexibility index (Phi) is 2.33. The van der Waals surface area contributed by atoms with Gasteiger partial charge in [0.1, 0.15) is 15.7 Å². The van der Waals surface area contributed by atoms with E-state index in [4.69, 9.17) is 0 Å². The number of likely N-dealkylation sites (tertiary alicyclic amines) is 1. The van der Waals surface area contributed by atoms with Crippen molar-refractivity contribution in [3.63, 3.8) is 0 Å². The summed E-state index contributed by atoms with van der Waals surface area (Å²) in [5, 5.41) is 0. The van der Waals surface area contributed by atoms with E-state index in [0.717, 1.165) is 0 Å². The fourth-order valence-corrected chi connectivity index (χ4v) is 2.44. The topological polar surface area (TPSA) is 33.2 Å². The number of halogens is 2. The molecule has 2 rings (SSSR count). The van der Waals surface area contributed by atoms with Crippen LogP contribution in [-0.2, 0) is 0 Å². The lowest BCUT2D eigenvalue weighted by Crippen LogP contribution is -2.51. The molecule has 1 saturated heterocycles. The van der Waals surface area contributed by atoms with Crippen molar-refractivity contribution in [1.82, 2.24) is 9.88 Å². The highest BCUT2D eigenvalue weighted by Crippen LogP contribution is 2.23. The summed E-state index contributed by atoms with van der Waals surface area (Å²) >= 11 is 4.43. The predicted molar refractivity (Wildman–Crippen MR) is 50.6 cm³/mol. The molecule has 6 heteroatoms. The van der Waals surface area contributed by atoms with Gasteiger partial charge in [0.05, 0.1) is 18.6 Å². The highest BCUT2D eigenvalue weighted by atomic mass is 79.9. The number of amides is 1. The highest BCUT2D eigenvalue weighted by molar-refractivity contribution is 9.10. The number of hydrogen-bond donors (Lipinski definition) is 0. The standard InChI is InChI=1S/C7H6BrFN2OS/c8-6-5(13-3-10-6)7(12)11-1-4(9)2-11/h3-4H,1-2H2. The number of nitrogens with zero attached hydrogens (tertiary/aromatic N) is 2. The molecule has 0 aliphatic carbocycles. The zero-order chi connectivity index (χ0) is 9.42. The first-order valence-corrected chi connectivity index (χ1v) is 5.38. The summed E-state index contributed by atoms with van der Waals surface area (Å²) in [5.41, 5.74) is 1.59. The largest absolute Gasteiger partial charge is 0.332 e. The van der Waals surface area contributed by atoms with Crippen molar-refractivity contribution < 1.29 is 9.18 Å². The van der Waals surface area contributed by atoms with Gasteiger partial charge >= 0.3 is 0 Å². The Hall–Kier alpha value is -0.490. The second-order valence-electron chi connectivity index (χ2n) is 2.78. The van der Waals surface area contributed by atoms with Gasteiger partial charge in [0, 0.05) is 0 Å². The summed E-state index contributed by atoms with van der Waals surface area (Å²) in [6.07, 6.45) is -0.851. The van der Waals surface area contributed by atoms with Crippen LogP contribution in [0, 0.1) is 0 Å². The molecule has 1 amide bonds. The van der Waals surface area contributed by atoms with Gasteiger partial charge in [0.2, 0.25) is 0 Å². The van der Waals surface area contributed by atoms with E-state index < -0.39 is 6.17 Å². The normalized spacial score (nSPS) is 17.2. The van der Waals surface area contributed by atoms with Crippen molar-refractivity contribution in [3.8, 4) is 0 Å². The predicted octanol–water partition coefficient (Wildman–Crippen LogP) is 1.70. The van der Waals surface area contributed by atoms with Crippen LogP contribution < -0.4 is 0 Å². The van der Waals surface area contributed by atoms with Crippen molar-refractivity contribution in [1.29, 1.82) is 0 Å². The molecule has 70 valence electrons. The lowest BCUT2D eigenvalue weighted by molar-refractivity contribution is 0.0404. The molecule has 0 aromatic carbocycles. The molecule has 0 saturated carbocycles. The zero-order valence-electron chi connectivity index (χ0n) is 6.54. The van der Waals surface area contributed by atoms with E-state index in [-0.39, 0.29) is 19.0 Å². The van der Waals surface area contributed by atoms with Crippen molar-refractivity contribution in [3.05, 3.63) is 15.0 Å². The maximum atomic E-state index is 12.5. The third-order valence-electron chi connectivity index (χ3n) is 1.84. The van der Waals surface area contributed by atoms with Gasteiger partial charge in [0.25, 0.3) is 5.91 Å². The average molecular weight is 265 g/mol. The Balaban J connectivity index is 2.10. The van der Waals surface area contributed by atoms with Gasteiger partial charge in [-0.05, 0) is 15.9 Å². The number of carbonyl (C=O) groups excluding carboxylic acids is 1. The summed E-state index contributed by atoms with van der Waals surface area (Å²) in [6.45, 7) is 0.423. The van der Waals surface area contributed by atoms with Gasteiger partial charge < -0.3 is 4.90 Å². The minimum atomic E-state index is -0.851. The molecule has 2 heterocycles. The Bertz CT molecular complexity index is 337. The molecule has 0 atom stereocenters. The van der Waals surface area contributed by atoms with Crippen molar-refractivity contribution >= 4 is 33.2 Å². The van der Waals surface area contributed by atoms with E-state index in [1.54, 1.807) is 5.51 Å². The SMILES string of the molecule is O=C(c1scnc1Br)N1CC(F)C1. The van der Waals surface area contributed by atoms with Gasteiger partial charge in [0.15, 0.2) is 0 Å². The second-order valence-corrected chi connectivity index (χ2v) is 4.39. The molecular formula is C7H6BrFN2OS. The Morgan fingerprint density at radius 1 is 1.77 bits per heavy atom.